The van der Waals surface area contributed by atoms with Gasteiger partial charge in [-0.05, 0) is 69.9 Å². The number of hydrogen-bond acceptors (Lipinski definition) is 9. The summed E-state index contributed by atoms with van der Waals surface area (Å²) in [5, 5.41) is 22.2. The van der Waals surface area contributed by atoms with Gasteiger partial charge in [-0.15, -0.1) is 0 Å². The Kier molecular flexibility index (Phi) is 14.5. The van der Waals surface area contributed by atoms with Gasteiger partial charge in [-0.2, -0.15) is 0 Å². The molecule has 3 rings (SSSR count). The van der Waals surface area contributed by atoms with Crippen LogP contribution < -0.4 is 5.73 Å². The quantitative estimate of drug-likeness (QED) is 0.0750. The van der Waals surface area contributed by atoms with E-state index in [4.69, 9.17) is 19.7 Å². The Bertz CT molecular complexity index is 1090. The van der Waals surface area contributed by atoms with Crippen LogP contribution in [-0.2, 0) is 28.2 Å². The monoisotopic (exact) mass is 639 g/mol. The van der Waals surface area contributed by atoms with Crippen molar-refractivity contribution in [2.45, 2.75) is 114 Å². The van der Waals surface area contributed by atoms with E-state index in [0.717, 1.165) is 51.4 Å². The standard InChI is InChI=1S/C32H50NO10P/c1-2-24-15-16-30(35)42-28(24)17-18-32(37,19-20-33)29(43-44(38,39)40)22-26(34)13-7-6-9-23-10-8-14-27(21-23)41-31(36)25-11-4-3-5-12-25/h6-7,9,13,15-18,23-29,34,37H,2-5,8,10-12,14,19-22,33H2,1H3,(H2,38,39,40)/b9-6-,13-7-,18-17+/t23-,24+,26+,27+,28+,29?,32+/m1/s1. The topological polar surface area (TPSA) is 186 Å². The lowest BCUT2D eigenvalue weighted by Crippen LogP contribution is -2.45. The van der Waals surface area contributed by atoms with E-state index in [9.17, 15) is 34.2 Å². The highest BCUT2D eigenvalue weighted by atomic mass is 31.2. The van der Waals surface area contributed by atoms with Gasteiger partial charge in [-0.3, -0.25) is 9.32 Å². The average Bonchev–Trinajstić information content (AvgIpc) is 2.98. The van der Waals surface area contributed by atoms with Crippen molar-refractivity contribution in [1.29, 1.82) is 0 Å². The molecule has 6 N–H and O–H groups in total. The van der Waals surface area contributed by atoms with Gasteiger partial charge in [0.2, 0.25) is 0 Å². The summed E-state index contributed by atoms with van der Waals surface area (Å²) in [4.78, 5) is 43.5. The van der Waals surface area contributed by atoms with Crippen LogP contribution in [0.4, 0.5) is 0 Å². The fourth-order valence-corrected chi connectivity index (χ4v) is 6.84. The first-order valence-electron chi connectivity index (χ1n) is 15.9. The Labute approximate surface area is 260 Å². The minimum Gasteiger partial charge on any atom is -0.462 e. The largest absolute Gasteiger partial charge is 0.469 e. The number of nitrogens with two attached hydrogens (primary N) is 1. The SMILES string of the molecule is CC[C@H]1C=CC(=O)O[C@H]1/C=C/[C@](O)(CCN)C(C[C@@H](O)/C=C\C=C/[C@@H]1CCC[C@H](OC(=O)C2CCCCC2)C1)OP(=O)(O)O. The van der Waals surface area contributed by atoms with E-state index in [1.54, 1.807) is 18.2 Å². The Morgan fingerprint density at radius 2 is 1.91 bits per heavy atom. The highest BCUT2D eigenvalue weighted by molar-refractivity contribution is 7.46. The fourth-order valence-electron chi connectivity index (χ4n) is 6.24. The number of rotatable bonds is 15. The van der Waals surface area contributed by atoms with Crippen molar-refractivity contribution in [3.63, 3.8) is 0 Å². The number of carbonyl (C=O) groups is 2. The van der Waals surface area contributed by atoms with Crippen molar-refractivity contribution in [2.24, 2.45) is 23.5 Å². The summed E-state index contributed by atoms with van der Waals surface area (Å²) in [6, 6.07) is 0. The molecule has 0 amide bonds. The van der Waals surface area contributed by atoms with Crippen LogP contribution in [0.25, 0.3) is 0 Å². The molecule has 0 spiro atoms. The van der Waals surface area contributed by atoms with Gasteiger partial charge < -0.3 is 35.2 Å². The van der Waals surface area contributed by atoms with Crippen molar-refractivity contribution in [3.8, 4) is 0 Å². The first-order valence-corrected chi connectivity index (χ1v) is 17.4. The second kappa shape index (κ2) is 17.5. The summed E-state index contributed by atoms with van der Waals surface area (Å²) in [5.41, 5.74) is 3.75. The van der Waals surface area contributed by atoms with Crippen molar-refractivity contribution in [1.82, 2.24) is 0 Å². The maximum atomic E-state index is 12.6. The van der Waals surface area contributed by atoms with E-state index >= 15 is 0 Å². The molecule has 2 saturated carbocycles. The zero-order valence-corrected chi connectivity index (χ0v) is 26.5. The van der Waals surface area contributed by atoms with E-state index in [1.807, 2.05) is 13.0 Å². The number of phosphoric ester groups is 1. The van der Waals surface area contributed by atoms with Crippen LogP contribution in [0.3, 0.4) is 0 Å². The van der Waals surface area contributed by atoms with E-state index in [2.05, 4.69) is 0 Å². The number of hydrogen-bond donors (Lipinski definition) is 5. The second-order valence-corrected chi connectivity index (χ2v) is 13.4. The number of phosphoric acid groups is 1. The predicted molar refractivity (Wildman–Crippen MR) is 165 cm³/mol. The molecular formula is C32H50NO10P. The van der Waals surface area contributed by atoms with Crippen LogP contribution in [0.5, 0.6) is 0 Å². The number of carbonyl (C=O) groups excluding carboxylic acids is 2. The van der Waals surface area contributed by atoms with Crippen LogP contribution in [0.15, 0.2) is 48.6 Å². The summed E-state index contributed by atoms with van der Waals surface area (Å²) >= 11 is 0. The molecule has 3 aliphatic rings. The molecular weight excluding hydrogens is 589 g/mol. The van der Waals surface area contributed by atoms with Gasteiger partial charge in [0.05, 0.1) is 12.0 Å². The fraction of sp³-hybridized carbons (Fsp3) is 0.688. The van der Waals surface area contributed by atoms with Crippen molar-refractivity contribution >= 4 is 19.8 Å². The first-order chi connectivity index (χ1) is 20.9. The lowest BCUT2D eigenvalue weighted by Gasteiger charge is -2.35. The molecule has 1 unspecified atom stereocenters. The van der Waals surface area contributed by atoms with Crippen LogP contribution >= 0.6 is 7.82 Å². The molecule has 1 heterocycles. The van der Waals surface area contributed by atoms with Crippen LogP contribution in [0.1, 0.15) is 84.0 Å². The molecule has 7 atom stereocenters. The van der Waals surface area contributed by atoms with Gasteiger partial charge in [-0.1, -0.05) is 62.6 Å². The lowest BCUT2D eigenvalue weighted by atomic mass is 9.86. The normalized spacial score (nSPS) is 28.3. The lowest BCUT2D eigenvalue weighted by molar-refractivity contribution is -0.157. The van der Waals surface area contributed by atoms with Crippen molar-refractivity contribution < 1.29 is 48.2 Å². The third-order valence-corrected chi connectivity index (χ3v) is 9.27. The zero-order valence-electron chi connectivity index (χ0n) is 25.6. The van der Waals surface area contributed by atoms with Gasteiger partial charge in [0.25, 0.3) is 0 Å². The smallest absolute Gasteiger partial charge is 0.462 e. The first kappa shape index (κ1) is 36.4. The molecule has 44 heavy (non-hydrogen) atoms. The highest BCUT2D eigenvalue weighted by Crippen LogP contribution is 2.42. The van der Waals surface area contributed by atoms with Crippen LogP contribution in [-0.4, -0.2) is 68.5 Å². The number of esters is 2. The third kappa shape index (κ3) is 12.0. The summed E-state index contributed by atoms with van der Waals surface area (Å²) < 4.78 is 28.0. The Morgan fingerprint density at radius 3 is 2.59 bits per heavy atom. The van der Waals surface area contributed by atoms with E-state index in [1.165, 1.54) is 30.7 Å². The Balaban J connectivity index is 1.61. The zero-order chi connectivity index (χ0) is 32.2. The Morgan fingerprint density at radius 1 is 1.16 bits per heavy atom. The molecule has 0 aromatic carbocycles. The molecule has 0 saturated heterocycles. The van der Waals surface area contributed by atoms with E-state index in [-0.39, 0.29) is 49.2 Å². The Hall–Kier alpha value is -2.11. The molecule has 0 bridgehead atoms. The number of aliphatic hydroxyl groups is 2. The third-order valence-electron chi connectivity index (χ3n) is 8.74. The van der Waals surface area contributed by atoms with E-state index in [0.29, 0.717) is 6.42 Å². The highest BCUT2D eigenvalue weighted by Gasteiger charge is 2.40. The van der Waals surface area contributed by atoms with Crippen molar-refractivity contribution in [3.05, 3.63) is 48.6 Å². The molecule has 2 fully saturated rings. The second-order valence-electron chi connectivity index (χ2n) is 12.2. The van der Waals surface area contributed by atoms with Gasteiger partial charge in [0, 0.05) is 18.4 Å². The number of ether oxygens (including phenoxy) is 2. The number of aliphatic hydroxyl groups excluding tert-OH is 1. The molecule has 11 nitrogen and oxygen atoms in total. The molecule has 0 aromatic rings. The van der Waals surface area contributed by atoms with Gasteiger partial charge in [0.1, 0.15) is 23.9 Å². The number of cyclic esters (lactones) is 1. The van der Waals surface area contributed by atoms with Crippen LogP contribution in [0, 0.1) is 17.8 Å². The summed E-state index contributed by atoms with van der Waals surface area (Å²) in [6.07, 6.45) is 18.0. The maximum Gasteiger partial charge on any atom is 0.469 e. The van der Waals surface area contributed by atoms with E-state index < -0.39 is 37.7 Å². The molecule has 248 valence electrons. The number of allylic oxidation sites excluding steroid dienone is 3. The minimum absolute atomic E-state index is 0.0238. The predicted octanol–water partition coefficient (Wildman–Crippen LogP) is 4.15. The maximum absolute atomic E-state index is 12.6. The van der Waals surface area contributed by atoms with Gasteiger partial charge in [0.15, 0.2) is 0 Å². The minimum atomic E-state index is -5.07. The summed E-state index contributed by atoms with van der Waals surface area (Å²) in [5.74, 6) is -0.504. The molecule has 1 aliphatic heterocycles. The summed E-state index contributed by atoms with van der Waals surface area (Å²) in [6.45, 7) is 1.87. The van der Waals surface area contributed by atoms with Gasteiger partial charge in [-0.25, -0.2) is 9.36 Å². The van der Waals surface area contributed by atoms with Gasteiger partial charge >= 0.3 is 19.8 Å². The molecule has 2 aliphatic carbocycles. The van der Waals surface area contributed by atoms with Crippen molar-refractivity contribution in [2.75, 3.05) is 6.54 Å². The average molecular weight is 640 g/mol. The molecule has 0 radical (unpaired) electrons. The molecule has 12 heteroatoms. The van der Waals surface area contributed by atoms with Crippen LogP contribution in [0.2, 0.25) is 0 Å². The molecule has 0 aromatic heterocycles. The summed E-state index contributed by atoms with van der Waals surface area (Å²) in [7, 11) is -5.07.